The first-order chi connectivity index (χ1) is 9.17. The number of hydrogen-bond donors (Lipinski definition) is 2. The molecule has 114 valence electrons. The Morgan fingerprint density at radius 2 is 1.63 bits per heavy atom. The van der Waals surface area contributed by atoms with Gasteiger partial charge in [-0.1, -0.05) is 0 Å². The Kier molecular flexibility index (Phi) is 11.7. The molecule has 0 atom stereocenters. The fraction of sp³-hybridized carbons (Fsp3) is 0.917. The van der Waals surface area contributed by atoms with Crippen LogP contribution in [0.2, 0.25) is 6.04 Å². The second-order valence-corrected chi connectivity index (χ2v) is 7.60. The molecule has 0 aliphatic heterocycles. The topological polar surface area (TPSA) is 53.7 Å². The highest BCUT2D eigenvalue weighted by Crippen LogP contribution is 2.19. The van der Waals surface area contributed by atoms with E-state index in [9.17, 15) is 0 Å². The van der Waals surface area contributed by atoms with Crippen molar-refractivity contribution in [3.63, 3.8) is 0 Å². The Morgan fingerprint density at radius 3 is 2.00 bits per heavy atom. The van der Waals surface area contributed by atoms with Gasteiger partial charge in [0.15, 0.2) is 0 Å². The van der Waals surface area contributed by atoms with Crippen LogP contribution in [0.5, 0.6) is 0 Å². The lowest BCUT2D eigenvalue weighted by molar-refractivity contribution is -0.418. The maximum absolute atomic E-state index is 5.82. The highest BCUT2D eigenvalue weighted by molar-refractivity contribution is 8.13. The van der Waals surface area contributed by atoms with Crippen molar-refractivity contribution < 1.29 is 18.3 Å². The fourth-order valence-electron chi connectivity index (χ4n) is 1.73. The molecule has 0 aromatic carbocycles. The lowest BCUT2D eigenvalue weighted by Crippen LogP contribution is -2.70. The number of nitrogens with one attached hydrogen (secondary N) is 2. The molecule has 0 aromatic heterocycles. The molecule has 0 heterocycles. The molecular formula is C12H29N2O3SSi+. The third kappa shape index (κ3) is 7.94. The summed E-state index contributed by atoms with van der Waals surface area (Å²) < 4.78 is 17.5. The highest BCUT2D eigenvalue weighted by atomic mass is 32.2. The molecule has 0 aromatic rings. The van der Waals surface area contributed by atoms with Crippen molar-refractivity contribution in [2.45, 2.75) is 33.2 Å². The lowest BCUT2D eigenvalue weighted by Gasteiger charge is -2.28. The van der Waals surface area contributed by atoms with Gasteiger partial charge in [-0.25, -0.2) is 0 Å². The van der Waals surface area contributed by atoms with E-state index in [1.54, 1.807) is 11.8 Å². The molecule has 0 saturated heterocycles. The van der Waals surface area contributed by atoms with Gasteiger partial charge >= 0.3 is 14.0 Å². The Bertz CT molecular complexity index is 238. The van der Waals surface area contributed by atoms with E-state index in [2.05, 4.69) is 10.3 Å². The molecule has 0 aliphatic carbocycles. The van der Waals surface area contributed by atoms with Crippen LogP contribution in [0.3, 0.4) is 0 Å². The molecule has 0 saturated carbocycles. The second-order valence-electron chi connectivity index (χ2n) is 3.76. The van der Waals surface area contributed by atoms with Crippen molar-refractivity contribution >= 4 is 25.7 Å². The van der Waals surface area contributed by atoms with Gasteiger partial charge in [-0.3, -0.25) is 10.3 Å². The van der Waals surface area contributed by atoms with Crippen molar-refractivity contribution in [2.75, 3.05) is 39.7 Å². The highest BCUT2D eigenvalue weighted by Gasteiger charge is 2.39. The zero-order valence-electron chi connectivity index (χ0n) is 12.9. The van der Waals surface area contributed by atoms with Gasteiger partial charge in [0, 0.05) is 31.6 Å². The van der Waals surface area contributed by atoms with Crippen LogP contribution in [0, 0.1) is 0 Å². The average molecular weight is 310 g/mol. The van der Waals surface area contributed by atoms with Crippen molar-refractivity contribution in [1.82, 2.24) is 5.32 Å². The van der Waals surface area contributed by atoms with Gasteiger partial charge in [-0.2, -0.15) is 0 Å². The smallest absolute Gasteiger partial charge is 0.374 e. The molecule has 0 radical (unpaired) electrons. The van der Waals surface area contributed by atoms with Gasteiger partial charge in [-0.15, -0.1) is 0 Å². The summed E-state index contributed by atoms with van der Waals surface area (Å²) in [4.78, 5) is 3.11. The maximum atomic E-state index is 5.82. The Labute approximate surface area is 122 Å². The summed E-state index contributed by atoms with van der Waals surface area (Å²) in [6, 6.07) is 0.871. The van der Waals surface area contributed by atoms with E-state index in [0.29, 0.717) is 19.8 Å². The van der Waals surface area contributed by atoms with Gasteiger partial charge in [0.1, 0.15) is 0 Å². The summed E-state index contributed by atoms with van der Waals surface area (Å²) in [5, 5.41) is 4.19. The molecule has 0 aliphatic rings. The molecule has 19 heavy (non-hydrogen) atoms. The minimum atomic E-state index is -2.45. The standard InChI is InChI=1S/C12H28N2O3SSi/c1-6-15-19(16-7-2,17-8-3)11-9-10-18-12(13-4)14-5/h6-11H2,1-5H3,(H,13,14)/p+1. The number of hydrogen-bond acceptors (Lipinski definition) is 4. The number of rotatable bonds is 10. The quantitative estimate of drug-likeness (QED) is 0.265. The van der Waals surface area contributed by atoms with Crippen LogP contribution >= 0.6 is 11.8 Å². The Balaban J connectivity index is 4.24. The van der Waals surface area contributed by atoms with E-state index in [4.69, 9.17) is 13.3 Å². The Morgan fingerprint density at radius 1 is 1.11 bits per heavy atom. The lowest BCUT2D eigenvalue weighted by atomic mass is 10.6. The molecule has 0 spiro atoms. The number of amidine groups is 1. The van der Waals surface area contributed by atoms with Crippen molar-refractivity contribution in [1.29, 1.82) is 0 Å². The first kappa shape index (κ1) is 18.9. The van der Waals surface area contributed by atoms with E-state index in [1.807, 2.05) is 34.9 Å². The zero-order valence-corrected chi connectivity index (χ0v) is 14.7. The minimum absolute atomic E-state index is 0.643. The zero-order chi connectivity index (χ0) is 14.6. The third-order valence-electron chi connectivity index (χ3n) is 2.42. The first-order valence-corrected chi connectivity index (χ1v) is 9.86. The molecule has 2 N–H and O–H groups in total. The largest absolute Gasteiger partial charge is 0.500 e. The van der Waals surface area contributed by atoms with E-state index >= 15 is 0 Å². The third-order valence-corrected chi connectivity index (χ3v) is 6.76. The van der Waals surface area contributed by atoms with Crippen LogP contribution in [-0.2, 0) is 13.3 Å². The van der Waals surface area contributed by atoms with Crippen LogP contribution in [0.25, 0.3) is 0 Å². The summed E-state index contributed by atoms with van der Waals surface area (Å²) in [6.07, 6.45) is 1.02. The SMILES string of the molecule is CCO[Si](CCCSC(NC)=[NH+]C)(OCC)OCC. The summed E-state index contributed by atoms with van der Waals surface area (Å²) >= 11 is 1.77. The molecule has 5 nitrogen and oxygen atoms in total. The van der Waals surface area contributed by atoms with Crippen molar-refractivity contribution in [3.8, 4) is 0 Å². The summed E-state index contributed by atoms with van der Waals surface area (Å²) in [5.74, 6) is 1.01. The van der Waals surface area contributed by atoms with Crippen LogP contribution in [0.4, 0.5) is 0 Å². The van der Waals surface area contributed by atoms with Gasteiger partial charge in [0.05, 0.1) is 14.1 Å². The summed E-state index contributed by atoms with van der Waals surface area (Å²) in [6.45, 7) is 7.89. The molecule has 0 fully saturated rings. The predicted octanol–water partition coefficient (Wildman–Crippen LogP) is 0.444. The van der Waals surface area contributed by atoms with E-state index in [0.717, 1.165) is 23.4 Å². The second kappa shape index (κ2) is 11.7. The summed E-state index contributed by atoms with van der Waals surface area (Å²) in [5.41, 5.74) is 0. The number of thioether (sulfide) groups is 1. The maximum Gasteiger partial charge on any atom is 0.500 e. The minimum Gasteiger partial charge on any atom is -0.374 e. The van der Waals surface area contributed by atoms with Crippen LogP contribution in [-0.4, -0.2) is 53.6 Å². The molecule has 0 bridgehead atoms. The molecule has 0 unspecified atom stereocenters. The van der Waals surface area contributed by atoms with E-state index in [1.165, 1.54) is 0 Å². The Hall–Kier alpha value is -0.0831. The normalized spacial score (nSPS) is 12.8. The van der Waals surface area contributed by atoms with E-state index < -0.39 is 8.80 Å². The monoisotopic (exact) mass is 309 g/mol. The van der Waals surface area contributed by atoms with Gasteiger partial charge in [0.25, 0.3) is 0 Å². The molecular weight excluding hydrogens is 280 g/mol. The first-order valence-electron chi connectivity index (χ1n) is 6.95. The van der Waals surface area contributed by atoms with Crippen molar-refractivity contribution in [2.24, 2.45) is 0 Å². The van der Waals surface area contributed by atoms with Gasteiger partial charge in [0.2, 0.25) is 0 Å². The predicted molar refractivity (Wildman–Crippen MR) is 83.5 cm³/mol. The van der Waals surface area contributed by atoms with Gasteiger partial charge in [-0.05, 0) is 39.0 Å². The van der Waals surface area contributed by atoms with Crippen LogP contribution < -0.4 is 10.3 Å². The average Bonchev–Trinajstić information content (AvgIpc) is 2.40. The molecule has 7 heteroatoms. The molecule has 0 amide bonds. The summed E-state index contributed by atoms with van der Waals surface area (Å²) in [7, 11) is 1.38. The molecule has 0 rings (SSSR count). The van der Waals surface area contributed by atoms with Gasteiger partial charge < -0.3 is 13.3 Å². The van der Waals surface area contributed by atoms with Crippen LogP contribution in [0.1, 0.15) is 27.2 Å². The fourth-order valence-corrected chi connectivity index (χ4v) is 5.38. The van der Waals surface area contributed by atoms with Crippen molar-refractivity contribution in [3.05, 3.63) is 0 Å². The van der Waals surface area contributed by atoms with Crippen LogP contribution in [0.15, 0.2) is 0 Å². The van der Waals surface area contributed by atoms with E-state index in [-0.39, 0.29) is 0 Å².